The number of terminal acetylenes is 1. The predicted molar refractivity (Wildman–Crippen MR) is 60.5 cm³/mol. The third-order valence-corrected chi connectivity index (χ3v) is 2.20. The molecule has 0 saturated heterocycles. The fourth-order valence-electron chi connectivity index (χ4n) is 0.836. The van der Waals surface area contributed by atoms with Gasteiger partial charge in [-0.2, -0.15) is 0 Å². The van der Waals surface area contributed by atoms with E-state index in [-0.39, 0.29) is 0 Å². The van der Waals surface area contributed by atoms with E-state index < -0.39 is 0 Å². The molecule has 0 atom stereocenters. The molecule has 0 amide bonds. The van der Waals surface area contributed by atoms with E-state index in [1.807, 2.05) is 13.8 Å². The van der Waals surface area contributed by atoms with Crippen molar-refractivity contribution in [2.24, 2.45) is 0 Å². The van der Waals surface area contributed by atoms with E-state index in [4.69, 9.17) is 18.0 Å². The summed E-state index contributed by atoms with van der Waals surface area (Å²) in [7, 11) is 0. The van der Waals surface area contributed by atoms with Crippen LogP contribution in [-0.2, 0) is 0 Å². The summed E-state index contributed by atoms with van der Waals surface area (Å²) in [6.07, 6.45) is 8.69. The van der Waals surface area contributed by atoms with Crippen LogP contribution in [0.5, 0.6) is 0 Å². The van der Waals surface area contributed by atoms with Gasteiger partial charge in [0.25, 0.3) is 0 Å². The predicted octanol–water partition coefficient (Wildman–Crippen LogP) is 3.82. The number of halogens is 1. The van der Waals surface area contributed by atoms with E-state index in [0.29, 0.717) is 5.03 Å². The Kier molecular flexibility index (Phi) is 4.96. The molecule has 0 aromatic carbocycles. The van der Waals surface area contributed by atoms with Crippen LogP contribution in [0.1, 0.15) is 13.8 Å². The van der Waals surface area contributed by atoms with Gasteiger partial charge in [0, 0.05) is 10.6 Å². The van der Waals surface area contributed by atoms with Crippen LogP contribution in [0, 0.1) is 12.3 Å². The Labute approximate surface area is 85.3 Å². The highest BCUT2D eigenvalue weighted by molar-refractivity contribution is 6.32. The van der Waals surface area contributed by atoms with E-state index >= 15 is 0 Å². The van der Waals surface area contributed by atoms with Crippen LogP contribution in [0.2, 0.25) is 0 Å². The molecular formula is C12H13Cl. The summed E-state index contributed by atoms with van der Waals surface area (Å²) in [5.41, 5.74) is 2.36. The van der Waals surface area contributed by atoms with Crippen LogP contribution >= 0.6 is 11.6 Å². The third-order valence-electron chi connectivity index (χ3n) is 1.76. The molecule has 68 valence electrons. The standard InChI is InChI=1S/C12H13Cl/c1-6-11(7-2)9(4)10(5)12(13)8-3/h1,7-8H,2,5H2,3-4H3/b11-9+,12-8+. The Hall–Kier alpha value is -1.19. The normalized spacial score (nSPS) is 12.9. The van der Waals surface area contributed by atoms with Crippen molar-refractivity contribution in [1.82, 2.24) is 0 Å². The molecule has 0 aliphatic carbocycles. The van der Waals surface area contributed by atoms with Gasteiger partial charge in [0.05, 0.1) is 0 Å². The SMILES string of the molecule is C#C/C(C=C)=C(/C)C(=C)/C(Cl)=C\C. The average Bonchev–Trinajstić information content (AvgIpc) is 2.17. The summed E-state index contributed by atoms with van der Waals surface area (Å²) in [5, 5.41) is 0.618. The van der Waals surface area contributed by atoms with E-state index in [0.717, 1.165) is 16.7 Å². The molecule has 0 spiro atoms. The molecule has 13 heavy (non-hydrogen) atoms. The lowest BCUT2D eigenvalue weighted by Crippen LogP contribution is -1.88. The van der Waals surface area contributed by atoms with Crippen molar-refractivity contribution < 1.29 is 0 Å². The Morgan fingerprint density at radius 2 is 2.08 bits per heavy atom. The molecule has 0 heterocycles. The zero-order valence-corrected chi connectivity index (χ0v) is 8.78. The summed E-state index contributed by atoms with van der Waals surface area (Å²) in [6.45, 7) is 11.2. The first-order chi connectivity index (χ1) is 6.08. The minimum Gasteiger partial charge on any atom is -0.115 e. The van der Waals surface area contributed by atoms with Crippen molar-refractivity contribution in [1.29, 1.82) is 0 Å². The molecule has 0 fully saturated rings. The maximum Gasteiger partial charge on any atom is 0.0432 e. The molecule has 0 aromatic heterocycles. The van der Waals surface area contributed by atoms with Gasteiger partial charge in [-0.25, -0.2) is 0 Å². The van der Waals surface area contributed by atoms with Crippen molar-refractivity contribution in [2.45, 2.75) is 13.8 Å². The maximum absolute atomic E-state index is 5.89. The fourth-order valence-corrected chi connectivity index (χ4v) is 0.978. The molecule has 0 rings (SSSR count). The van der Waals surface area contributed by atoms with Gasteiger partial charge < -0.3 is 0 Å². The summed E-state index contributed by atoms with van der Waals surface area (Å²) < 4.78 is 0. The van der Waals surface area contributed by atoms with Crippen LogP contribution in [0.4, 0.5) is 0 Å². The Bertz CT molecular complexity index is 322. The second kappa shape index (κ2) is 5.45. The smallest absolute Gasteiger partial charge is 0.0432 e. The second-order valence-electron chi connectivity index (χ2n) is 2.50. The van der Waals surface area contributed by atoms with Gasteiger partial charge in [0.15, 0.2) is 0 Å². The lowest BCUT2D eigenvalue weighted by molar-refractivity contribution is 1.38. The van der Waals surface area contributed by atoms with Crippen LogP contribution in [0.3, 0.4) is 0 Å². The number of rotatable bonds is 3. The van der Waals surface area contributed by atoms with Gasteiger partial charge in [-0.05, 0) is 25.0 Å². The Morgan fingerprint density at radius 3 is 2.38 bits per heavy atom. The molecule has 0 bridgehead atoms. The lowest BCUT2D eigenvalue weighted by atomic mass is 10.0. The minimum atomic E-state index is 0.618. The summed E-state index contributed by atoms with van der Waals surface area (Å²) >= 11 is 5.89. The van der Waals surface area contributed by atoms with Crippen LogP contribution in [-0.4, -0.2) is 0 Å². The zero-order valence-electron chi connectivity index (χ0n) is 8.02. The first kappa shape index (κ1) is 11.8. The van der Waals surface area contributed by atoms with Crippen LogP contribution in [0.15, 0.2) is 47.1 Å². The van der Waals surface area contributed by atoms with Crippen LogP contribution in [0.25, 0.3) is 0 Å². The molecule has 0 saturated carbocycles. The summed E-state index contributed by atoms with van der Waals surface area (Å²) in [4.78, 5) is 0. The molecular weight excluding hydrogens is 180 g/mol. The van der Waals surface area contributed by atoms with Gasteiger partial charge in [-0.15, -0.1) is 6.42 Å². The fraction of sp³-hybridized carbons (Fsp3) is 0.167. The van der Waals surface area contributed by atoms with Crippen LogP contribution < -0.4 is 0 Å². The largest absolute Gasteiger partial charge is 0.115 e. The topological polar surface area (TPSA) is 0 Å². The Balaban J connectivity index is 5.12. The van der Waals surface area contributed by atoms with Gasteiger partial charge in [-0.1, -0.05) is 42.8 Å². The average molecular weight is 193 g/mol. The van der Waals surface area contributed by atoms with Gasteiger partial charge in [0.2, 0.25) is 0 Å². The van der Waals surface area contributed by atoms with Gasteiger partial charge in [-0.3, -0.25) is 0 Å². The van der Waals surface area contributed by atoms with Crippen molar-refractivity contribution in [3.8, 4) is 12.3 Å². The molecule has 0 aliphatic heterocycles. The van der Waals surface area contributed by atoms with Crippen molar-refractivity contribution in [3.05, 3.63) is 47.1 Å². The zero-order chi connectivity index (χ0) is 10.4. The molecule has 0 aromatic rings. The highest BCUT2D eigenvalue weighted by Gasteiger charge is 2.03. The van der Waals surface area contributed by atoms with Crippen molar-refractivity contribution in [3.63, 3.8) is 0 Å². The number of hydrogen-bond donors (Lipinski definition) is 0. The lowest BCUT2D eigenvalue weighted by Gasteiger charge is -2.05. The summed E-state index contributed by atoms with van der Waals surface area (Å²) in [6, 6.07) is 0. The quantitative estimate of drug-likeness (QED) is 0.471. The second-order valence-corrected chi connectivity index (χ2v) is 2.91. The highest BCUT2D eigenvalue weighted by atomic mass is 35.5. The first-order valence-electron chi connectivity index (χ1n) is 3.89. The van der Waals surface area contributed by atoms with E-state index in [1.165, 1.54) is 0 Å². The molecule has 0 nitrogen and oxygen atoms in total. The summed E-state index contributed by atoms with van der Waals surface area (Å²) in [5.74, 6) is 2.53. The molecule has 0 N–H and O–H groups in total. The molecule has 0 aliphatic rings. The van der Waals surface area contributed by atoms with Crippen molar-refractivity contribution in [2.75, 3.05) is 0 Å². The molecule has 0 unspecified atom stereocenters. The van der Waals surface area contributed by atoms with E-state index in [9.17, 15) is 0 Å². The Morgan fingerprint density at radius 1 is 1.54 bits per heavy atom. The van der Waals surface area contributed by atoms with Gasteiger partial charge in [0.1, 0.15) is 0 Å². The van der Waals surface area contributed by atoms with E-state index in [1.54, 1.807) is 12.2 Å². The first-order valence-corrected chi connectivity index (χ1v) is 4.27. The molecule has 0 radical (unpaired) electrons. The highest BCUT2D eigenvalue weighted by Crippen LogP contribution is 2.23. The monoisotopic (exact) mass is 192 g/mol. The maximum atomic E-state index is 5.89. The molecule has 1 heteroatoms. The minimum absolute atomic E-state index is 0.618. The number of allylic oxidation sites excluding steroid dienone is 6. The van der Waals surface area contributed by atoms with E-state index in [2.05, 4.69) is 19.1 Å². The van der Waals surface area contributed by atoms with Gasteiger partial charge >= 0.3 is 0 Å². The number of hydrogen-bond acceptors (Lipinski definition) is 0. The third kappa shape index (κ3) is 2.97. The van der Waals surface area contributed by atoms with Crippen molar-refractivity contribution >= 4 is 11.6 Å².